The van der Waals surface area contributed by atoms with Crippen LogP contribution in [0.25, 0.3) is 0 Å². The maximum Gasteiger partial charge on any atom is 0.227 e. The molecule has 1 aliphatic heterocycles. The topological polar surface area (TPSA) is 76.8 Å². The second kappa shape index (κ2) is 8.85. The maximum absolute atomic E-state index is 11.9. The monoisotopic (exact) mass is 307 g/mol. The summed E-state index contributed by atoms with van der Waals surface area (Å²) in [4.78, 5) is 14.2. The highest BCUT2D eigenvalue weighted by Crippen LogP contribution is 2.13. The van der Waals surface area contributed by atoms with Gasteiger partial charge in [-0.25, -0.2) is 0 Å². The third kappa shape index (κ3) is 5.38. The van der Waals surface area contributed by atoms with E-state index in [1.807, 2.05) is 24.3 Å². The lowest BCUT2D eigenvalue weighted by atomic mass is 10.1. The minimum absolute atomic E-state index is 0.0850. The first-order chi connectivity index (χ1) is 10.7. The Morgan fingerprint density at radius 1 is 1.36 bits per heavy atom. The highest BCUT2D eigenvalue weighted by molar-refractivity contribution is 5.91. The lowest BCUT2D eigenvalue weighted by Gasteiger charge is -2.26. The first kappa shape index (κ1) is 16.9. The van der Waals surface area contributed by atoms with Gasteiger partial charge in [0, 0.05) is 39.0 Å². The SMILES string of the molecule is COC(CN)CC(=O)Nc1ccc(CN2CCOCC2)cc1. The van der Waals surface area contributed by atoms with Crippen molar-refractivity contribution in [2.75, 3.05) is 45.3 Å². The molecule has 0 spiro atoms. The number of anilines is 1. The Bertz CT molecular complexity index is 454. The average molecular weight is 307 g/mol. The molecule has 6 heteroatoms. The molecule has 3 N–H and O–H groups in total. The highest BCUT2D eigenvalue weighted by atomic mass is 16.5. The van der Waals surface area contributed by atoms with Crippen molar-refractivity contribution >= 4 is 11.6 Å². The van der Waals surface area contributed by atoms with Crippen LogP contribution in [0.5, 0.6) is 0 Å². The zero-order chi connectivity index (χ0) is 15.8. The quantitative estimate of drug-likeness (QED) is 0.780. The van der Waals surface area contributed by atoms with Gasteiger partial charge in [-0.2, -0.15) is 0 Å². The summed E-state index contributed by atoms with van der Waals surface area (Å²) in [6.45, 7) is 4.79. The minimum atomic E-state index is -0.236. The third-order valence-electron chi connectivity index (χ3n) is 3.76. The predicted octanol–water partition coefficient (Wildman–Crippen LogP) is 0.821. The number of benzene rings is 1. The molecule has 1 aliphatic rings. The van der Waals surface area contributed by atoms with Crippen LogP contribution in [-0.4, -0.2) is 56.9 Å². The van der Waals surface area contributed by atoms with E-state index in [9.17, 15) is 4.79 Å². The van der Waals surface area contributed by atoms with Crippen molar-refractivity contribution in [2.24, 2.45) is 5.73 Å². The molecule has 1 aromatic rings. The molecule has 1 fully saturated rings. The normalized spacial score (nSPS) is 17.2. The number of hydrogen-bond acceptors (Lipinski definition) is 5. The van der Waals surface area contributed by atoms with Gasteiger partial charge in [-0.15, -0.1) is 0 Å². The van der Waals surface area contributed by atoms with Crippen molar-refractivity contribution in [1.82, 2.24) is 4.90 Å². The fraction of sp³-hybridized carbons (Fsp3) is 0.562. The molecule has 122 valence electrons. The number of amides is 1. The van der Waals surface area contributed by atoms with E-state index in [4.69, 9.17) is 15.2 Å². The van der Waals surface area contributed by atoms with Gasteiger partial charge < -0.3 is 20.5 Å². The van der Waals surface area contributed by atoms with E-state index in [2.05, 4.69) is 10.2 Å². The van der Waals surface area contributed by atoms with Gasteiger partial charge in [-0.1, -0.05) is 12.1 Å². The summed E-state index contributed by atoms with van der Waals surface area (Å²) < 4.78 is 10.5. The summed E-state index contributed by atoms with van der Waals surface area (Å²) in [7, 11) is 1.56. The molecule has 0 bridgehead atoms. The molecule has 1 unspecified atom stereocenters. The molecule has 1 heterocycles. The van der Waals surface area contributed by atoms with Crippen LogP contribution < -0.4 is 11.1 Å². The molecule has 22 heavy (non-hydrogen) atoms. The Kier molecular flexibility index (Phi) is 6.79. The zero-order valence-electron chi connectivity index (χ0n) is 13.1. The number of nitrogens with one attached hydrogen (secondary N) is 1. The molecule has 2 rings (SSSR count). The lowest BCUT2D eigenvalue weighted by molar-refractivity contribution is -0.118. The van der Waals surface area contributed by atoms with Gasteiger partial charge in [0.2, 0.25) is 5.91 Å². The van der Waals surface area contributed by atoms with Gasteiger partial charge in [-0.05, 0) is 17.7 Å². The summed E-state index contributed by atoms with van der Waals surface area (Å²) in [5.41, 5.74) is 7.54. The van der Waals surface area contributed by atoms with Gasteiger partial charge in [0.1, 0.15) is 0 Å². The van der Waals surface area contributed by atoms with E-state index < -0.39 is 0 Å². The van der Waals surface area contributed by atoms with E-state index in [0.29, 0.717) is 6.54 Å². The molecular formula is C16H25N3O3. The number of nitrogens with zero attached hydrogens (tertiary/aromatic N) is 1. The molecule has 6 nitrogen and oxygen atoms in total. The number of carbonyl (C=O) groups excluding carboxylic acids is 1. The van der Waals surface area contributed by atoms with Crippen molar-refractivity contribution in [2.45, 2.75) is 19.1 Å². The van der Waals surface area contributed by atoms with E-state index in [0.717, 1.165) is 38.5 Å². The number of nitrogens with two attached hydrogens (primary N) is 1. The Morgan fingerprint density at radius 2 is 2.05 bits per heavy atom. The van der Waals surface area contributed by atoms with Crippen LogP contribution >= 0.6 is 0 Å². The fourth-order valence-corrected chi connectivity index (χ4v) is 2.39. The van der Waals surface area contributed by atoms with Crippen molar-refractivity contribution in [3.63, 3.8) is 0 Å². The van der Waals surface area contributed by atoms with Gasteiger partial charge in [0.15, 0.2) is 0 Å². The Hall–Kier alpha value is -1.47. The van der Waals surface area contributed by atoms with E-state index in [1.165, 1.54) is 5.56 Å². The van der Waals surface area contributed by atoms with Crippen LogP contribution in [-0.2, 0) is 20.8 Å². The molecule has 0 radical (unpaired) electrons. The van der Waals surface area contributed by atoms with Crippen LogP contribution in [0.4, 0.5) is 5.69 Å². The molecular weight excluding hydrogens is 282 g/mol. The molecule has 1 amide bonds. The number of hydrogen-bond donors (Lipinski definition) is 2. The van der Waals surface area contributed by atoms with E-state index in [-0.39, 0.29) is 18.4 Å². The van der Waals surface area contributed by atoms with Gasteiger partial charge in [0.05, 0.1) is 25.7 Å². The first-order valence-electron chi connectivity index (χ1n) is 7.63. The van der Waals surface area contributed by atoms with Gasteiger partial charge >= 0.3 is 0 Å². The third-order valence-corrected chi connectivity index (χ3v) is 3.76. The minimum Gasteiger partial charge on any atom is -0.380 e. The fourth-order valence-electron chi connectivity index (χ4n) is 2.39. The summed E-state index contributed by atoms with van der Waals surface area (Å²) in [6, 6.07) is 7.94. The van der Waals surface area contributed by atoms with Crippen molar-refractivity contribution in [3.05, 3.63) is 29.8 Å². The van der Waals surface area contributed by atoms with Crippen molar-refractivity contribution in [3.8, 4) is 0 Å². The number of ether oxygens (including phenoxy) is 2. The Morgan fingerprint density at radius 3 is 2.64 bits per heavy atom. The Balaban J connectivity index is 1.82. The maximum atomic E-state index is 11.9. The molecule has 1 saturated heterocycles. The number of rotatable bonds is 7. The number of methoxy groups -OCH3 is 1. The molecule has 0 aliphatic carbocycles. The van der Waals surface area contributed by atoms with Gasteiger partial charge in [0.25, 0.3) is 0 Å². The zero-order valence-corrected chi connectivity index (χ0v) is 13.1. The van der Waals surface area contributed by atoms with Crippen molar-refractivity contribution < 1.29 is 14.3 Å². The van der Waals surface area contributed by atoms with E-state index >= 15 is 0 Å². The summed E-state index contributed by atoms with van der Waals surface area (Å²) in [5.74, 6) is -0.0850. The largest absolute Gasteiger partial charge is 0.380 e. The standard InChI is InChI=1S/C16H25N3O3/c1-21-15(11-17)10-16(20)18-14-4-2-13(3-5-14)12-19-6-8-22-9-7-19/h2-5,15H,6-12,17H2,1H3,(H,18,20). The summed E-state index contributed by atoms with van der Waals surface area (Å²) in [6.07, 6.45) is 0.0308. The lowest BCUT2D eigenvalue weighted by Crippen LogP contribution is -2.35. The van der Waals surface area contributed by atoms with Crippen molar-refractivity contribution in [1.29, 1.82) is 0 Å². The van der Waals surface area contributed by atoms with Crippen LogP contribution in [0.1, 0.15) is 12.0 Å². The number of carbonyl (C=O) groups is 1. The van der Waals surface area contributed by atoms with Crippen LogP contribution in [0.15, 0.2) is 24.3 Å². The van der Waals surface area contributed by atoms with E-state index in [1.54, 1.807) is 7.11 Å². The van der Waals surface area contributed by atoms with Crippen LogP contribution in [0, 0.1) is 0 Å². The number of morpholine rings is 1. The first-order valence-corrected chi connectivity index (χ1v) is 7.63. The molecule has 1 aromatic carbocycles. The summed E-state index contributed by atoms with van der Waals surface area (Å²) >= 11 is 0. The Labute approximate surface area is 131 Å². The smallest absolute Gasteiger partial charge is 0.227 e. The van der Waals surface area contributed by atoms with Gasteiger partial charge in [-0.3, -0.25) is 9.69 Å². The second-order valence-corrected chi connectivity index (χ2v) is 5.43. The molecule has 0 saturated carbocycles. The highest BCUT2D eigenvalue weighted by Gasteiger charge is 2.12. The van der Waals surface area contributed by atoms with Crippen LogP contribution in [0.3, 0.4) is 0 Å². The second-order valence-electron chi connectivity index (χ2n) is 5.43. The average Bonchev–Trinajstić information content (AvgIpc) is 2.55. The molecule has 0 aromatic heterocycles. The predicted molar refractivity (Wildman–Crippen MR) is 85.6 cm³/mol. The summed E-state index contributed by atoms with van der Waals surface area (Å²) in [5, 5.41) is 2.86. The molecule has 1 atom stereocenters. The van der Waals surface area contributed by atoms with Crippen LogP contribution in [0.2, 0.25) is 0 Å².